The van der Waals surface area contributed by atoms with Crippen LogP contribution in [0.2, 0.25) is 0 Å². The third-order valence-electron chi connectivity index (χ3n) is 4.26. The summed E-state index contributed by atoms with van der Waals surface area (Å²) in [5.41, 5.74) is 1.68. The molecule has 5 heteroatoms. The normalized spacial score (nSPS) is 16.9. The Morgan fingerprint density at radius 3 is 2.16 bits per heavy atom. The average molecular weight is 356 g/mol. The molecule has 0 atom stereocenters. The summed E-state index contributed by atoms with van der Waals surface area (Å²) in [6, 6.07) is 14.4. The number of sulfone groups is 1. The zero-order valence-electron chi connectivity index (χ0n) is 14.7. The number of ketones is 1. The molecule has 0 aliphatic carbocycles. The van der Waals surface area contributed by atoms with E-state index in [-0.39, 0.29) is 10.7 Å². The van der Waals surface area contributed by atoms with Crippen LogP contribution in [0.25, 0.3) is 11.3 Å². The molecule has 25 heavy (non-hydrogen) atoms. The molecule has 0 spiro atoms. The molecule has 0 amide bonds. The van der Waals surface area contributed by atoms with Crippen molar-refractivity contribution >= 4 is 27.0 Å². The van der Waals surface area contributed by atoms with Crippen molar-refractivity contribution < 1.29 is 17.9 Å². The number of benzene rings is 2. The molecule has 0 bridgehead atoms. The van der Waals surface area contributed by atoms with Crippen LogP contribution in [0.1, 0.15) is 30.5 Å². The lowest BCUT2D eigenvalue weighted by molar-refractivity contribution is -0.125. The van der Waals surface area contributed by atoms with Gasteiger partial charge in [0.25, 0.3) is 0 Å². The Kier molecular flexibility index (Phi) is 4.07. The maximum atomic E-state index is 12.8. The average Bonchev–Trinajstić information content (AvgIpc) is 2.77. The summed E-state index contributed by atoms with van der Waals surface area (Å²) in [5.74, 6) is 0.405. The zero-order chi connectivity index (χ0) is 18.4. The van der Waals surface area contributed by atoms with Gasteiger partial charge < -0.3 is 4.74 Å². The van der Waals surface area contributed by atoms with Gasteiger partial charge in [-0.3, -0.25) is 4.79 Å². The smallest absolute Gasteiger partial charge is 0.210 e. The van der Waals surface area contributed by atoms with Gasteiger partial charge in [-0.1, -0.05) is 30.3 Å². The second kappa shape index (κ2) is 5.85. The molecule has 1 aliphatic heterocycles. The van der Waals surface area contributed by atoms with Gasteiger partial charge in [-0.15, -0.1) is 0 Å². The van der Waals surface area contributed by atoms with E-state index in [1.165, 1.54) is 6.26 Å². The predicted octanol–water partition coefficient (Wildman–Crippen LogP) is 3.64. The summed E-state index contributed by atoms with van der Waals surface area (Å²) >= 11 is 0. The monoisotopic (exact) mass is 356 g/mol. The van der Waals surface area contributed by atoms with E-state index in [1.54, 1.807) is 39.0 Å². The molecule has 2 aromatic carbocycles. The Balaban J connectivity index is 2.21. The van der Waals surface area contributed by atoms with Crippen LogP contribution < -0.4 is 0 Å². The van der Waals surface area contributed by atoms with Gasteiger partial charge in [-0.25, -0.2) is 8.42 Å². The van der Waals surface area contributed by atoms with E-state index < -0.39 is 15.4 Å². The number of hydrogen-bond acceptors (Lipinski definition) is 4. The number of rotatable bonds is 3. The molecule has 0 N–H and O–H groups in total. The highest BCUT2D eigenvalue weighted by molar-refractivity contribution is 7.90. The Labute approximate surface area is 148 Å². The van der Waals surface area contributed by atoms with Gasteiger partial charge in [0.1, 0.15) is 5.76 Å². The summed E-state index contributed by atoms with van der Waals surface area (Å²) in [6.07, 6.45) is 1.18. The van der Waals surface area contributed by atoms with Crippen molar-refractivity contribution in [3.63, 3.8) is 0 Å². The maximum Gasteiger partial charge on any atom is 0.210 e. The van der Waals surface area contributed by atoms with Gasteiger partial charge in [-0.05, 0) is 50.1 Å². The SMILES string of the molecule is Cc1cc(C2=C(c3ccccc3)C(=O)C(C)(C)O2)ccc1S(C)(=O)=O. The third-order valence-corrected chi connectivity index (χ3v) is 5.51. The van der Waals surface area contributed by atoms with E-state index in [0.29, 0.717) is 22.5 Å². The Bertz CT molecular complexity index is 984. The molecule has 3 rings (SSSR count). The van der Waals surface area contributed by atoms with Crippen molar-refractivity contribution in [2.45, 2.75) is 31.3 Å². The number of hydrogen-bond donors (Lipinski definition) is 0. The molecule has 1 heterocycles. The van der Waals surface area contributed by atoms with Crippen LogP contribution in [-0.2, 0) is 19.4 Å². The minimum atomic E-state index is -3.30. The molecular weight excluding hydrogens is 336 g/mol. The van der Waals surface area contributed by atoms with E-state index in [9.17, 15) is 13.2 Å². The third kappa shape index (κ3) is 3.12. The van der Waals surface area contributed by atoms with Crippen LogP contribution in [0.15, 0.2) is 53.4 Å². The molecule has 0 saturated carbocycles. The number of ether oxygens (including phenoxy) is 1. The Morgan fingerprint density at radius 2 is 1.60 bits per heavy atom. The largest absolute Gasteiger partial charge is 0.478 e. The van der Waals surface area contributed by atoms with Crippen molar-refractivity contribution in [2.24, 2.45) is 0 Å². The van der Waals surface area contributed by atoms with E-state index >= 15 is 0 Å². The molecule has 0 radical (unpaired) electrons. The van der Waals surface area contributed by atoms with E-state index in [4.69, 9.17) is 4.74 Å². The summed E-state index contributed by atoms with van der Waals surface area (Å²) in [6.45, 7) is 5.22. The van der Waals surface area contributed by atoms with Crippen molar-refractivity contribution in [3.05, 3.63) is 65.2 Å². The van der Waals surface area contributed by atoms with Crippen LogP contribution in [0.4, 0.5) is 0 Å². The minimum Gasteiger partial charge on any atom is -0.478 e. The van der Waals surface area contributed by atoms with Gasteiger partial charge in [0.05, 0.1) is 10.5 Å². The van der Waals surface area contributed by atoms with Crippen LogP contribution in [0.5, 0.6) is 0 Å². The first-order valence-corrected chi connectivity index (χ1v) is 9.85. The highest BCUT2D eigenvalue weighted by Gasteiger charge is 2.42. The summed E-state index contributed by atoms with van der Waals surface area (Å²) < 4.78 is 29.6. The van der Waals surface area contributed by atoms with Crippen LogP contribution in [-0.4, -0.2) is 26.1 Å². The van der Waals surface area contributed by atoms with Gasteiger partial charge in [0.15, 0.2) is 15.4 Å². The van der Waals surface area contributed by atoms with Crippen molar-refractivity contribution in [1.29, 1.82) is 0 Å². The Hall–Kier alpha value is -2.40. The molecular formula is C20H20O4S. The molecule has 4 nitrogen and oxygen atoms in total. The van der Waals surface area contributed by atoms with Gasteiger partial charge in [-0.2, -0.15) is 0 Å². The van der Waals surface area contributed by atoms with Gasteiger partial charge in [0, 0.05) is 11.8 Å². The van der Waals surface area contributed by atoms with Crippen LogP contribution in [0.3, 0.4) is 0 Å². The molecule has 1 aliphatic rings. The van der Waals surface area contributed by atoms with Crippen LogP contribution >= 0.6 is 0 Å². The fourth-order valence-corrected chi connectivity index (χ4v) is 3.99. The lowest BCUT2D eigenvalue weighted by atomic mass is 9.92. The molecule has 0 saturated heterocycles. The molecule has 0 fully saturated rings. The number of carbonyl (C=O) groups is 1. The van der Waals surface area contributed by atoms with E-state index in [1.807, 2.05) is 30.3 Å². The summed E-state index contributed by atoms with van der Waals surface area (Å²) in [4.78, 5) is 13.1. The first kappa shape index (κ1) is 17.4. The zero-order valence-corrected chi connectivity index (χ0v) is 15.5. The number of Topliss-reactive ketones (excluding diaryl/α,β-unsaturated/α-hetero) is 1. The molecule has 130 valence electrons. The lowest BCUT2D eigenvalue weighted by Gasteiger charge is -2.18. The van der Waals surface area contributed by atoms with Crippen molar-refractivity contribution in [2.75, 3.05) is 6.26 Å². The minimum absolute atomic E-state index is 0.0847. The summed E-state index contributed by atoms with van der Waals surface area (Å²) in [7, 11) is -3.30. The fourth-order valence-electron chi connectivity index (χ4n) is 3.03. The first-order chi connectivity index (χ1) is 11.6. The quantitative estimate of drug-likeness (QED) is 0.842. The molecule has 2 aromatic rings. The summed E-state index contributed by atoms with van der Waals surface area (Å²) in [5, 5.41) is 0. The topological polar surface area (TPSA) is 60.4 Å². The van der Waals surface area contributed by atoms with E-state index in [0.717, 1.165) is 5.56 Å². The maximum absolute atomic E-state index is 12.8. The van der Waals surface area contributed by atoms with Gasteiger partial charge in [0.2, 0.25) is 5.78 Å². The second-order valence-electron chi connectivity index (χ2n) is 6.76. The molecule has 0 unspecified atom stereocenters. The Morgan fingerprint density at radius 1 is 0.960 bits per heavy atom. The highest BCUT2D eigenvalue weighted by Crippen LogP contribution is 2.41. The highest BCUT2D eigenvalue weighted by atomic mass is 32.2. The first-order valence-electron chi connectivity index (χ1n) is 7.96. The standard InChI is InChI=1S/C20H20O4S/c1-13-12-15(10-11-16(13)25(4,22)23)18-17(14-8-6-5-7-9-14)19(21)20(2,3)24-18/h5-12H,1-4H3. The van der Waals surface area contributed by atoms with Crippen LogP contribution in [0, 0.1) is 6.92 Å². The van der Waals surface area contributed by atoms with E-state index in [2.05, 4.69) is 0 Å². The van der Waals surface area contributed by atoms with Crippen molar-refractivity contribution in [3.8, 4) is 0 Å². The van der Waals surface area contributed by atoms with Crippen molar-refractivity contribution in [1.82, 2.24) is 0 Å². The van der Waals surface area contributed by atoms with Gasteiger partial charge >= 0.3 is 0 Å². The number of carbonyl (C=O) groups excluding carboxylic acids is 1. The second-order valence-corrected chi connectivity index (χ2v) is 8.75. The lowest BCUT2D eigenvalue weighted by Crippen LogP contribution is -2.29. The molecule has 0 aromatic heterocycles. The fraction of sp³-hybridized carbons (Fsp3) is 0.250. The number of aryl methyl sites for hydroxylation is 1. The predicted molar refractivity (Wildman–Crippen MR) is 97.7 cm³/mol.